The molecule has 6 heteroatoms. The maximum Gasteiger partial charge on any atom is 0.243 e. The Morgan fingerprint density at radius 1 is 1.05 bits per heavy atom. The second kappa shape index (κ2) is 10.2. The lowest BCUT2D eigenvalue weighted by Gasteiger charge is -2.25. The molecule has 0 aromatic carbocycles. The summed E-state index contributed by atoms with van der Waals surface area (Å²) in [5.74, 6) is -1.21. The highest BCUT2D eigenvalue weighted by Crippen LogP contribution is 2.06. The van der Waals surface area contributed by atoms with E-state index in [0.29, 0.717) is 6.42 Å². The predicted molar refractivity (Wildman–Crippen MR) is 87.0 cm³/mol. The van der Waals surface area contributed by atoms with Gasteiger partial charge in [-0.3, -0.25) is 14.4 Å². The third-order valence-corrected chi connectivity index (χ3v) is 3.06. The average molecular weight is 313 g/mol. The van der Waals surface area contributed by atoms with Crippen LogP contribution in [0.15, 0.2) is 0 Å². The SMILES string of the molecule is CCCCCCCC(=O)N[C@H](CC(N)=O)C(=O)NC(C)(C)C. The first-order chi connectivity index (χ1) is 10.2. The number of rotatable bonds is 10. The van der Waals surface area contributed by atoms with E-state index in [4.69, 9.17) is 5.73 Å². The van der Waals surface area contributed by atoms with Gasteiger partial charge in [0.1, 0.15) is 6.04 Å². The molecular formula is C16H31N3O3. The highest BCUT2D eigenvalue weighted by Gasteiger charge is 2.25. The van der Waals surface area contributed by atoms with E-state index in [1.807, 2.05) is 20.8 Å². The molecule has 6 nitrogen and oxygen atoms in total. The fourth-order valence-corrected chi connectivity index (χ4v) is 2.02. The van der Waals surface area contributed by atoms with Gasteiger partial charge < -0.3 is 16.4 Å². The maximum atomic E-state index is 12.1. The van der Waals surface area contributed by atoms with Crippen molar-refractivity contribution in [3.63, 3.8) is 0 Å². The van der Waals surface area contributed by atoms with Crippen LogP contribution < -0.4 is 16.4 Å². The Balaban J connectivity index is 4.36. The number of unbranched alkanes of at least 4 members (excludes halogenated alkanes) is 4. The number of amides is 3. The monoisotopic (exact) mass is 313 g/mol. The van der Waals surface area contributed by atoms with Crippen molar-refractivity contribution in [2.75, 3.05) is 0 Å². The van der Waals surface area contributed by atoms with Crippen molar-refractivity contribution in [1.82, 2.24) is 10.6 Å². The molecule has 0 saturated carbocycles. The maximum absolute atomic E-state index is 12.1. The Morgan fingerprint density at radius 3 is 2.14 bits per heavy atom. The van der Waals surface area contributed by atoms with E-state index in [1.54, 1.807) is 0 Å². The van der Waals surface area contributed by atoms with Crippen molar-refractivity contribution in [2.45, 2.75) is 84.2 Å². The highest BCUT2D eigenvalue weighted by molar-refractivity contribution is 5.91. The zero-order valence-corrected chi connectivity index (χ0v) is 14.3. The number of nitrogens with two attached hydrogens (primary N) is 1. The first-order valence-corrected chi connectivity index (χ1v) is 8.05. The number of hydrogen-bond donors (Lipinski definition) is 3. The van der Waals surface area contributed by atoms with Gasteiger partial charge in [0.15, 0.2) is 0 Å². The van der Waals surface area contributed by atoms with Crippen LogP contribution in [0.5, 0.6) is 0 Å². The van der Waals surface area contributed by atoms with Crippen LogP contribution in [0.4, 0.5) is 0 Å². The van der Waals surface area contributed by atoms with Crippen molar-refractivity contribution in [3.8, 4) is 0 Å². The van der Waals surface area contributed by atoms with Crippen molar-refractivity contribution >= 4 is 17.7 Å². The van der Waals surface area contributed by atoms with Crippen molar-refractivity contribution < 1.29 is 14.4 Å². The molecule has 0 aromatic rings. The Hall–Kier alpha value is -1.59. The van der Waals surface area contributed by atoms with E-state index in [2.05, 4.69) is 17.6 Å². The van der Waals surface area contributed by atoms with Gasteiger partial charge >= 0.3 is 0 Å². The van der Waals surface area contributed by atoms with Crippen LogP contribution in [0.2, 0.25) is 0 Å². The van der Waals surface area contributed by atoms with Gasteiger partial charge in [-0.2, -0.15) is 0 Å². The van der Waals surface area contributed by atoms with Gasteiger partial charge in [0.05, 0.1) is 6.42 Å². The summed E-state index contributed by atoms with van der Waals surface area (Å²) in [6, 6.07) is -0.903. The molecule has 0 heterocycles. The summed E-state index contributed by atoms with van der Waals surface area (Å²) in [6.45, 7) is 7.64. The van der Waals surface area contributed by atoms with Crippen molar-refractivity contribution in [1.29, 1.82) is 0 Å². The molecule has 0 saturated heterocycles. The molecule has 3 amide bonds. The molecule has 0 unspecified atom stereocenters. The van der Waals surface area contributed by atoms with Crippen LogP contribution in [0, 0.1) is 0 Å². The van der Waals surface area contributed by atoms with Gasteiger partial charge in [-0.05, 0) is 27.2 Å². The molecule has 0 aromatic heterocycles. The van der Waals surface area contributed by atoms with E-state index >= 15 is 0 Å². The summed E-state index contributed by atoms with van der Waals surface area (Å²) >= 11 is 0. The predicted octanol–water partition coefficient (Wildman–Crippen LogP) is 1.62. The molecule has 128 valence electrons. The van der Waals surface area contributed by atoms with Crippen LogP contribution in [0.3, 0.4) is 0 Å². The lowest BCUT2D eigenvalue weighted by atomic mass is 10.1. The summed E-state index contributed by atoms with van der Waals surface area (Å²) in [6.07, 6.45) is 5.38. The first kappa shape index (κ1) is 20.4. The molecule has 0 aliphatic rings. The summed E-state index contributed by atoms with van der Waals surface area (Å²) in [4.78, 5) is 35.1. The largest absolute Gasteiger partial charge is 0.370 e. The molecule has 0 rings (SSSR count). The van der Waals surface area contributed by atoms with Crippen molar-refractivity contribution in [3.05, 3.63) is 0 Å². The van der Waals surface area contributed by atoms with E-state index in [0.717, 1.165) is 25.7 Å². The summed E-state index contributed by atoms with van der Waals surface area (Å²) in [7, 11) is 0. The van der Waals surface area contributed by atoms with Gasteiger partial charge in [0.25, 0.3) is 0 Å². The molecular weight excluding hydrogens is 282 g/mol. The fourth-order valence-electron chi connectivity index (χ4n) is 2.02. The second-order valence-corrected chi connectivity index (χ2v) is 6.69. The van der Waals surface area contributed by atoms with Crippen molar-refractivity contribution in [2.24, 2.45) is 5.73 Å². The standard InChI is InChI=1S/C16H31N3O3/c1-5-6-7-8-9-10-14(21)18-12(11-13(17)20)15(22)19-16(2,3)4/h12H,5-11H2,1-4H3,(H2,17,20)(H,18,21)(H,19,22)/t12-/m1/s1. The van der Waals surface area contributed by atoms with Gasteiger partial charge in [-0.15, -0.1) is 0 Å². The number of hydrogen-bond acceptors (Lipinski definition) is 3. The van der Waals surface area contributed by atoms with Gasteiger partial charge in [-0.1, -0.05) is 32.6 Å². The molecule has 0 fully saturated rings. The Kier molecular flexibility index (Phi) is 9.45. The van der Waals surface area contributed by atoms with Crippen LogP contribution in [-0.4, -0.2) is 29.3 Å². The minimum atomic E-state index is -0.903. The Labute approximate surface area is 133 Å². The Bertz CT molecular complexity index is 375. The number of carbonyl (C=O) groups is 3. The van der Waals surface area contributed by atoms with Crippen LogP contribution in [0.25, 0.3) is 0 Å². The molecule has 0 aliphatic heterocycles. The fraction of sp³-hybridized carbons (Fsp3) is 0.812. The van der Waals surface area contributed by atoms with Gasteiger partial charge in [-0.25, -0.2) is 0 Å². The average Bonchev–Trinajstić information content (AvgIpc) is 2.35. The topological polar surface area (TPSA) is 101 Å². The van der Waals surface area contributed by atoms with Crippen LogP contribution >= 0.6 is 0 Å². The molecule has 0 bridgehead atoms. The second-order valence-electron chi connectivity index (χ2n) is 6.69. The lowest BCUT2D eigenvalue weighted by Crippen LogP contribution is -2.53. The summed E-state index contributed by atoms with van der Waals surface area (Å²) < 4.78 is 0. The molecule has 0 aliphatic carbocycles. The first-order valence-electron chi connectivity index (χ1n) is 8.05. The lowest BCUT2D eigenvalue weighted by molar-refractivity contribution is -0.132. The van der Waals surface area contributed by atoms with Crippen LogP contribution in [-0.2, 0) is 14.4 Å². The van der Waals surface area contributed by atoms with Gasteiger partial charge in [0.2, 0.25) is 17.7 Å². The third-order valence-electron chi connectivity index (χ3n) is 3.06. The van der Waals surface area contributed by atoms with E-state index < -0.39 is 17.5 Å². The molecule has 4 N–H and O–H groups in total. The normalized spacial score (nSPS) is 12.5. The molecule has 0 spiro atoms. The summed E-state index contributed by atoms with van der Waals surface area (Å²) in [5.41, 5.74) is 4.72. The van der Waals surface area contributed by atoms with E-state index in [1.165, 1.54) is 6.42 Å². The van der Waals surface area contributed by atoms with E-state index in [-0.39, 0.29) is 18.2 Å². The smallest absolute Gasteiger partial charge is 0.243 e. The minimum Gasteiger partial charge on any atom is -0.370 e. The van der Waals surface area contributed by atoms with E-state index in [9.17, 15) is 14.4 Å². The zero-order valence-electron chi connectivity index (χ0n) is 14.3. The number of nitrogens with one attached hydrogen (secondary N) is 2. The Morgan fingerprint density at radius 2 is 1.64 bits per heavy atom. The number of carbonyl (C=O) groups excluding carboxylic acids is 3. The highest BCUT2D eigenvalue weighted by atomic mass is 16.2. The van der Waals surface area contributed by atoms with Crippen LogP contribution in [0.1, 0.15) is 72.6 Å². The zero-order chi connectivity index (χ0) is 17.2. The minimum absolute atomic E-state index is 0.191. The molecule has 1 atom stereocenters. The molecule has 22 heavy (non-hydrogen) atoms. The number of primary amides is 1. The van der Waals surface area contributed by atoms with Gasteiger partial charge in [0, 0.05) is 12.0 Å². The third kappa shape index (κ3) is 11.1. The molecule has 0 radical (unpaired) electrons. The quantitative estimate of drug-likeness (QED) is 0.534. The summed E-state index contributed by atoms with van der Waals surface area (Å²) in [5, 5.41) is 5.36.